The van der Waals surface area contributed by atoms with Gasteiger partial charge >= 0.3 is 0 Å². The SMILES string of the molecule is Cc1ccc2c(c1)Oc1c(-c3cccc(C(C)C)c3)cccc1C2(C)C. The lowest BCUT2D eigenvalue weighted by molar-refractivity contribution is 0.419. The molecule has 1 aliphatic heterocycles. The summed E-state index contributed by atoms with van der Waals surface area (Å²) in [6, 6.07) is 21.9. The van der Waals surface area contributed by atoms with Crippen LogP contribution in [0.5, 0.6) is 11.5 Å². The second-order valence-electron chi connectivity index (χ2n) is 8.19. The summed E-state index contributed by atoms with van der Waals surface area (Å²) in [5.74, 6) is 2.49. The standard InChI is InChI=1S/C25H26O/c1-16(2)18-8-6-9-19(15-18)20-10-7-11-22-24(20)26-23-14-17(3)12-13-21(23)25(22,4)5/h6-16H,1-5H3. The summed E-state index contributed by atoms with van der Waals surface area (Å²) in [7, 11) is 0. The molecule has 1 heterocycles. The maximum atomic E-state index is 6.48. The number of hydrogen-bond acceptors (Lipinski definition) is 1. The van der Waals surface area contributed by atoms with Crippen LogP contribution in [0.3, 0.4) is 0 Å². The van der Waals surface area contributed by atoms with Crippen molar-refractivity contribution in [1.29, 1.82) is 0 Å². The lowest BCUT2D eigenvalue weighted by Crippen LogP contribution is -2.24. The molecule has 3 aromatic carbocycles. The summed E-state index contributed by atoms with van der Waals surface area (Å²) in [6.07, 6.45) is 0. The Kier molecular flexibility index (Phi) is 3.91. The maximum Gasteiger partial charge on any atom is 0.139 e. The highest BCUT2D eigenvalue weighted by Crippen LogP contribution is 2.51. The maximum absolute atomic E-state index is 6.48. The normalized spacial score (nSPS) is 14.5. The number of ether oxygens (including phenoxy) is 1. The van der Waals surface area contributed by atoms with Crippen LogP contribution in [0.4, 0.5) is 0 Å². The minimum Gasteiger partial charge on any atom is -0.456 e. The molecule has 0 spiro atoms. The second-order valence-corrected chi connectivity index (χ2v) is 8.19. The van der Waals surface area contributed by atoms with Gasteiger partial charge in [0.2, 0.25) is 0 Å². The van der Waals surface area contributed by atoms with Crippen molar-refractivity contribution < 1.29 is 4.74 Å². The van der Waals surface area contributed by atoms with Gasteiger partial charge in [-0.05, 0) is 35.6 Å². The molecule has 4 rings (SSSR count). The monoisotopic (exact) mass is 342 g/mol. The van der Waals surface area contributed by atoms with Gasteiger partial charge < -0.3 is 4.74 Å². The summed E-state index contributed by atoms with van der Waals surface area (Å²) < 4.78 is 6.48. The molecule has 3 aromatic rings. The van der Waals surface area contributed by atoms with Gasteiger partial charge in [-0.25, -0.2) is 0 Å². The highest BCUT2D eigenvalue weighted by Gasteiger charge is 2.35. The highest BCUT2D eigenvalue weighted by molar-refractivity contribution is 5.76. The van der Waals surface area contributed by atoms with Crippen molar-refractivity contribution in [3.05, 3.63) is 82.9 Å². The zero-order chi connectivity index (χ0) is 18.5. The molecule has 0 saturated carbocycles. The first-order chi connectivity index (χ1) is 12.4. The van der Waals surface area contributed by atoms with Crippen LogP contribution in [0, 0.1) is 6.92 Å². The largest absolute Gasteiger partial charge is 0.456 e. The molecule has 26 heavy (non-hydrogen) atoms. The lowest BCUT2D eigenvalue weighted by Gasteiger charge is -2.35. The van der Waals surface area contributed by atoms with E-state index < -0.39 is 0 Å². The van der Waals surface area contributed by atoms with E-state index in [0.717, 1.165) is 11.5 Å². The van der Waals surface area contributed by atoms with Gasteiger partial charge in [-0.3, -0.25) is 0 Å². The van der Waals surface area contributed by atoms with Gasteiger partial charge in [-0.15, -0.1) is 0 Å². The zero-order valence-corrected chi connectivity index (χ0v) is 16.3. The number of rotatable bonds is 2. The summed E-state index contributed by atoms with van der Waals surface area (Å²) in [5.41, 5.74) is 7.39. The lowest BCUT2D eigenvalue weighted by atomic mass is 9.74. The molecule has 0 N–H and O–H groups in total. The number of fused-ring (bicyclic) bond motifs is 2. The molecule has 0 aromatic heterocycles. The van der Waals surface area contributed by atoms with Crippen molar-refractivity contribution in [3.63, 3.8) is 0 Å². The molecule has 0 radical (unpaired) electrons. The third-order valence-corrected chi connectivity index (χ3v) is 5.58. The molecule has 1 aliphatic rings. The summed E-state index contributed by atoms with van der Waals surface area (Å²) in [4.78, 5) is 0. The van der Waals surface area contributed by atoms with E-state index in [4.69, 9.17) is 4.74 Å². The molecular formula is C25H26O. The van der Waals surface area contributed by atoms with Gasteiger partial charge in [0.1, 0.15) is 11.5 Å². The van der Waals surface area contributed by atoms with Gasteiger partial charge in [0.25, 0.3) is 0 Å². The Bertz CT molecular complexity index is 979. The minimum absolute atomic E-state index is 0.0811. The Morgan fingerprint density at radius 1 is 0.846 bits per heavy atom. The number of hydrogen-bond donors (Lipinski definition) is 0. The minimum atomic E-state index is -0.0811. The van der Waals surface area contributed by atoms with Crippen molar-refractivity contribution in [2.45, 2.75) is 46.0 Å². The number of benzene rings is 3. The van der Waals surface area contributed by atoms with Crippen LogP contribution in [0.2, 0.25) is 0 Å². The molecule has 132 valence electrons. The Hall–Kier alpha value is -2.54. The molecular weight excluding hydrogens is 316 g/mol. The van der Waals surface area contributed by atoms with Crippen LogP contribution in [-0.4, -0.2) is 0 Å². The van der Waals surface area contributed by atoms with Crippen molar-refractivity contribution in [3.8, 4) is 22.6 Å². The third-order valence-electron chi connectivity index (χ3n) is 5.58. The van der Waals surface area contributed by atoms with E-state index in [1.807, 2.05) is 0 Å². The van der Waals surface area contributed by atoms with Crippen molar-refractivity contribution >= 4 is 0 Å². The summed E-state index contributed by atoms with van der Waals surface area (Å²) >= 11 is 0. The smallest absolute Gasteiger partial charge is 0.139 e. The van der Waals surface area contributed by atoms with Crippen LogP contribution in [-0.2, 0) is 5.41 Å². The average Bonchev–Trinajstić information content (AvgIpc) is 2.61. The Morgan fingerprint density at radius 3 is 2.38 bits per heavy atom. The molecule has 1 heteroatoms. The van der Waals surface area contributed by atoms with Gasteiger partial charge in [0, 0.05) is 22.1 Å². The Labute approximate surface area is 156 Å². The fourth-order valence-corrected chi connectivity index (χ4v) is 3.92. The van der Waals surface area contributed by atoms with E-state index in [1.165, 1.54) is 33.4 Å². The topological polar surface area (TPSA) is 9.23 Å². The van der Waals surface area contributed by atoms with Crippen LogP contribution in [0.15, 0.2) is 60.7 Å². The first-order valence-electron chi connectivity index (χ1n) is 9.41. The Balaban J connectivity index is 1.92. The van der Waals surface area contributed by atoms with Crippen LogP contribution in [0.25, 0.3) is 11.1 Å². The predicted molar refractivity (Wildman–Crippen MR) is 109 cm³/mol. The molecule has 0 atom stereocenters. The average molecular weight is 342 g/mol. The number of para-hydroxylation sites is 1. The van der Waals surface area contributed by atoms with E-state index >= 15 is 0 Å². The zero-order valence-electron chi connectivity index (χ0n) is 16.3. The first-order valence-corrected chi connectivity index (χ1v) is 9.41. The third kappa shape index (κ3) is 2.63. The van der Waals surface area contributed by atoms with E-state index in [1.54, 1.807) is 0 Å². The molecule has 0 unspecified atom stereocenters. The Morgan fingerprint density at radius 2 is 1.62 bits per heavy atom. The van der Waals surface area contributed by atoms with E-state index in [-0.39, 0.29) is 5.41 Å². The molecule has 0 fully saturated rings. The van der Waals surface area contributed by atoms with Crippen molar-refractivity contribution in [1.82, 2.24) is 0 Å². The highest BCUT2D eigenvalue weighted by atomic mass is 16.5. The van der Waals surface area contributed by atoms with Gasteiger partial charge in [-0.1, -0.05) is 82.3 Å². The predicted octanol–water partition coefficient (Wildman–Crippen LogP) is 7.22. The van der Waals surface area contributed by atoms with Gasteiger partial charge in [0.05, 0.1) is 0 Å². The molecule has 0 aliphatic carbocycles. The van der Waals surface area contributed by atoms with E-state index in [0.29, 0.717) is 5.92 Å². The summed E-state index contributed by atoms with van der Waals surface area (Å²) in [6.45, 7) is 11.2. The van der Waals surface area contributed by atoms with Crippen molar-refractivity contribution in [2.75, 3.05) is 0 Å². The van der Waals surface area contributed by atoms with Gasteiger partial charge in [0.15, 0.2) is 0 Å². The second kappa shape index (κ2) is 6.02. The molecule has 1 nitrogen and oxygen atoms in total. The quantitative estimate of drug-likeness (QED) is 0.478. The fourth-order valence-electron chi connectivity index (χ4n) is 3.92. The van der Waals surface area contributed by atoms with E-state index in [9.17, 15) is 0 Å². The van der Waals surface area contributed by atoms with Gasteiger partial charge in [-0.2, -0.15) is 0 Å². The van der Waals surface area contributed by atoms with E-state index in [2.05, 4.69) is 95.3 Å². The van der Waals surface area contributed by atoms with Crippen molar-refractivity contribution in [2.24, 2.45) is 0 Å². The molecule has 0 amide bonds. The first kappa shape index (κ1) is 16.9. The molecule has 0 saturated heterocycles. The molecule has 0 bridgehead atoms. The van der Waals surface area contributed by atoms with Crippen LogP contribution < -0.4 is 4.74 Å². The van der Waals surface area contributed by atoms with Crippen LogP contribution >= 0.6 is 0 Å². The summed E-state index contributed by atoms with van der Waals surface area (Å²) in [5, 5.41) is 0. The fraction of sp³-hybridized carbons (Fsp3) is 0.280. The van der Waals surface area contributed by atoms with Crippen LogP contribution in [0.1, 0.15) is 55.9 Å². The number of aryl methyl sites for hydroxylation is 1.